The number of hydrogen-bond acceptors (Lipinski definition) is 6. The number of fused-ring (bicyclic) bond motifs is 2. The quantitative estimate of drug-likeness (QED) is 0.663. The maximum atomic E-state index is 12.5. The summed E-state index contributed by atoms with van der Waals surface area (Å²) in [5.74, 6) is 0.511. The molecule has 7 heteroatoms. The first-order valence-electron chi connectivity index (χ1n) is 8.88. The molecular weight excluding hydrogens is 378 g/mol. The molecule has 144 valence electrons. The zero-order chi connectivity index (χ0) is 19.7. The Bertz CT molecular complexity index is 1060. The molecular formula is C21H19NO5S. The maximum Gasteiger partial charge on any atom is 0.349 e. The van der Waals surface area contributed by atoms with Crippen LogP contribution in [-0.4, -0.2) is 24.8 Å². The zero-order valence-corrected chi connectivity index (χ0v) is 16.3. The van der Waals surface area contributed by atoms with Crippen LogP contribution in [0.1, 0.15) is 27.7 Å². The first-order chi connectivity index (χ1) is 13.5. The van der Waals surface area contributed by atoms with Gasteiger partial charge in [-0.2, -0.15) is 0 Å². The number of carbonyl (C=O) groups excluding carboxylic acids is 2. The number of thiophene rings is 1. The molecule has 1 atom stereocenters. The summed E-state index contributed by atoms with van der Waals surface area (Å²) in [4.78, 5) is 25.4. The molecule has 1 aromatic heterocycles. The summed E-state index contributed by atoms with van der Waals surface area (Å²) < 4.78 is 17.0. The molecule has 1 amide bonds. The van der Waals surface area contributed by atoms with Gasteiger partial charge in [0.2, 0.25) is 6.79 Å². The van der Waals surface area contributed by atoms with Gasteiger partial charge in [-0.15, -0.1) is 11.3 Å². The maximum absolute atomic E-state index is 12.5. The normalized spacial score (nSPS) is 13.4. The average molecular weight is 397 g/mol. The van der Waals surface area contributed by atoms with E-state index >= 15 is 0 Å². The number of rotatable bonds is 5. The molecule has 0 unspecified atom stereocenters. The van der Waals surface area contributed by atoms with Gasteiger partial charge in [0.1, 0.15) is 4.88 Å². The van der Waals surface area contributed by atoms with Crippen LogP contribution >= 0.6 is 11.3 Å². The van der Waals surface area contributed by atoms with Gasteiger partial charge in [0.05, 0.1) is 0 Å². The van der Waals surface area contributed by atoms with Crippen LogP contribution in [-0.2, 0) is 16.1 Å². The van der Waals surface area contributed by atoms with Crippen LogP contribution in [0.5, 0.6) is 11.5 Å². The predicted octanol–water partition coefficient (Wildman–Crippen LogP) is 3.80. The number of ether oxygens (including phenoxy) is 3. The van der Waals surface area contributed by atoms with E-state index in [1.807, 2.05) is 43.3 Å². The van der Waals surface area contributed by atoms with Gasteiger partial charge in [0.25, 0.3) is 5.91 Å². The van der Waals surface area contributed by atoms with E-state index in [4.69, 9.17) is 14.2 Å². The third kappa shape index (κ3) is 3.53. The van der Waals surface area contributed by atoms with Gasteiger partial charge in [0, 0.05) is 11.2 Å². The molecule has 0 saturated heterocycles. The van der Waals surface area contributed by atoms with Crippen molar-refractivity contribution in [2.75, 3.05) is 6.79 Å². The van der Waals surface area contributed by atoms with Gasteiger partial charge in [0.15, 0.2) is 17.6 Å². The van der Waals surface area contributed by atoms with E-state index in [1.165, 1.54) is 11.3 Å². The lowest BCUT2D eigenvalue weighted by atomic mass is 10.1. The van der Waals surface area contributed by atoms with Gasteiger partial charge < -0.3 is 19.5 Å². The molecule has 0 bridgehead atoms. The number of esters is 1. The average Bonchev–Trinajstić information content (AvgIpc) is 3.30. The van der Waals surface area contributed by atoms with Gasteiger partial charge >= 0.3 is 5.97 Å². The third-order valence-electron chi connectivity index (χ3n) is 4.59. The SMILES string of the molecule is Cc1c(C(=O)O[C@@H](C)C(=O)NCc2ccc3c(c2)OCO3)sc2ccccc12. The molecule has 0 radical (unpaired) electrons. The zero-order valence-electron chi connectivity index (χ0n) is 15.5. The topological polar surface area (TPSA) is 73.9 Å². The summed E-state index contributed by atoms with van der Waals surface area (Å²) in [6, 6.07) is 13.3. The molecule has 4 rings (SSSR count). The van der Waals surface area contributed by atoms with Crippen molar-refractivity contribution in [2.24, 2.45) is 0 Å². The van der Waals surface area contributed by atoms with E-state index in [-0.39, 0.29) is 12.7 Å². The highest BCUT2D eigenvalue weighted by atomic mass is 32.1. The molecule has 2 heterocycles. The second-order valence-corrected chi connectivity index (χ2v) is 7.56. The molecule has 1 N–H and O–H groups in total. The number of aryl methyl sites for hydroxylation is 1. The Hall–Kier alpha value is -3.06. The van der Waals surface area contributed by atoms with E-state index in [0.29, 0.717) is 22.9 Å². The second kappa shape index (κ2) is 7.52. The Kier molecular flexibility index (Phi) is 4.92. The first-order valence-corrected chi connectivity index (χ1v) is 9.70. The fraction of sp³-hybridized carbons (Fsp3) is 0.238. The summed E-state index contributed by atoms with van der Waals surface area (Å²) in [7, 11) is 0. The van der Waals surface area contributed by atoms with Gasteiger partial charge in [-0.05, 0) is 48.6 Å². The molecule has 1 aliphatic rings. The number of benzene rings is 2. The van der Waals surface area contributed by atoms with E-state index in [9.17, 15) is 9.59 Å². The molecule has 0 aliphatic carbocycles. The molecule has 6 nitrogen and oxygen atoms in total. The smallest absolute Gasteiger partial charge is 0.349 e. The molecule has 3 aromatic rings. The van der Waals surface area contributed by atoms with Gasteiger partial charge in [-0.3, -0.25) is 4.79 Å². The van der Waals surface area contributed by atoms with Crippen molar-refractivity contribution in [2.45, 2.75) is 26.5 Å². The predicted molar refractivity (Wildman–Crippen MR) is 106 cm³/mol. The summed E-state index contributed by atoms with van der Waals surface area (Å²) in [6.45, 7) is 3.96. The Morgan fingerprint density at radius 3 is 2.79 bits per heavy atom. The Labute approximate surface area is 166 Å². The van der Waals surface area contributed by atoms with Crippen LogP contribution in [0.15, 0.2) is 42.5 Å². The van der Waals surface area contributed by atoms with Crippen molar-refractivity contribution >= 4 is 33.3 Å². The second-order valence-electron chi connectivity index (χ2n) is 6.51. The Balaban J connectivity index is 1.37. The minimum absolute atomic E-state index is 0.204. The highest BCUT2D eigenvalue weighted by molar-refractivity contribution is 7.21. The standard InChI is InChI=1S/C21H19NO5S/c1-12-15-5-3-4-6-18(15)28-19(12)21(24)27-13(2)20(23)22-10-14-7-8-16-17(9-14)26-11-25-16/h3-9,13H,10-11H2,1-2H3,(H,22,23)/t13-/m0/s1. The lowest BCUT2D eigenvalue weighted by molar-refractivity contribution is -0.129. The van der Waals surface area contributed by atoms with Gasteiger partial charge in [-0.25, -0.2) is 4.79 Å². The minimum atomic E-state index is -0.897. The lowest BCUT2D eigenvalue weighted by Crippen LogP contribution is -2.35. The van der Waals surface area contributed by atoms with Crippen LogP contribution in [0.25, 0.3) is 10.1 Å². The molecule has 0 saturated carbocycles. The third-order valence-corrected chi connectivity index (χ3v) is 5.84. The number of amides is 1. The molecule has 1 aliphatic heterocycles. The number of carbonyl (C=O) groups is 2. The fourth-order valence-electron chi connectivity index (χ4n) is 3.02. The number of hydrogen-bond donors (Lipinski definition) is 1. The van der Waals surface area contributed by atoms with Gasteiger partial charge in [-0.1, -0.05) is 24.3 Å². The fourth-order valence-corrected chi connectivity index (χ4v) is 4.11. The molecule has 0 spiro atoms. The van der Waals surface area contributed by atoms with Crippen LogP contribution in [0.3, 0.4) is 0 Å². The van der Waals surface area contributed by atoms with Crippen LogP contribution in [0.4, 0.5) is 0 Å². The lowest BCUT2D eigenvalue weighted by Gasteiger charge is -2.13. The highest BCUT2D eigenvalue weighted by Gasteiger charge is 2.22. The minimum Gasteiger partial charge on any atom is -0.454 e. The van der Waals surface area contributed by atoms with E-state index < -0.39 is 12.1 Å². The largest absolute Gasteiger partial charge is 0.454 e. The summed E-state index contributed by atoms with van der Waals surface area (Å²) in [5.41, 5.74) is 1.75. The Morgan fingerprint density at radius 2 is 1.96 bits per heavy atom. The molecule has 28 heavy (non-hydrogen) atoms. The Morgan fingerprint density at radius 1 is 1.18 bits per heavy atom. The van der Waals surface area contributed by atoms with Crippen LogP contribution < -0.4 is 14.8 Å². The first kappa shape index (κ1) is 18.3. The monoisotopic (exact) mass is 397 g/mol. The molecule has 0 fully saturated rings. The van der Waals surface area contributed by atoms with Crippen molar-refractivity contribution < 1.29 is 23.8 Å². The van der Waals surface area contributed by atoms with Crippen LogP contribution in [0.2, 0.25) is 0 Å². The van der Waals surface area contributed by atoms with Crippen molar-refractivity contribution in [3.8, 4) is 11.5 Å². The number of nitrogens with one attached hydrogen (secondary N) is 1. The van der Waals surface area contributed by atoms with E-state index in [0.717, 1.165) is 21.2 Å². The summed E-state index contributed by atoms with van der Waals surface area (Å²) in [5, 5.41) is 3.81. The van der Waals surface area contributed by atoms with Crippen molar-refractivity contribution in [1.29, 1.82) is 0 Å². The van der Waals surface area contributed by atoms with Crippen LogP contribution in [0, 0.1) is 6.92 Å². The van der Waals surface area contributed by atoms with E-state index in [2.05, 4.69) is 5.32 Å². The van der Waals surface area contributed by atoms with E-state index in [1.54, 1.807) is 13.0 Å². The highest BCUT2D eigenvalue weighted by Crippen LogP contribution is 2.33. The summed E-state index contributed by atoms with van der Waals surface area (Å²) >= 11 is 1.38. The van der Waals surface area contributed by atoms with Crippen molar-refractivity contribution in [1.82, 2.24) is 5.32 Å². The summed E-state index contributed by atoms with van der Waals surface area (Å²) in [6.07, 6.45) is -0.897. The van der Waals surface area contributed by atoms with Crippen molar-refractivity contribution in [3.63, 3.8) is 0 Å². The molecule has 2 aromatic carbocycles. The van der Waals surface area contributed by atoms with Crippen molar-refractivity contribution in [3.05, 3.63) is 58.5 Å².